The van der Waals surface area contributed by atoms with Gasteiger partial charge in [0.1, 0.15) is 13.1 Å². The van der Waals surface area contributed by atoms with Crippen LogP contribution in [0.25, 0.3) is 11.1 Å². The van der Waals surface area contributed by atoms with Crippen LogP contribution in [0.3, 0.4) is 0 Å². The molecule has 2 aliphatic rings. The first-order valence-corrected chi connectivity index (χ1v) is 25.2. The quantitative estimate of drug-likeness (QED) is 0.0323. The van der Waals surface area contributed by atoms with E-state index < -0.39 is 23.3 Å². The Kier molecular flexibility index (Phi) is 21.0. The minimum Gasteiger partial charge on any atom is -0.418 e. The molecule has 0 atom stereocenters. The summed E-state index contributed by atoms with van der Waals surface area (Å²) in [6.45, 7) is 9.24. The highest BCUT2D eigenvalue weighted by Gasteiger charge is 2.36. The van der Waals surface area contributed by atoms with Crippen LogP contribution in [0.2, 0.25) is 6.04 Å². The molecule has 0 bridgehead atoms. The van der Waals surface area contributed by atoms with Crippen molar-refractivity contribution in [2.75, 3.05) is 26.2 Å². The minimum atomic E-state index is -6.00. The number of carbonyl (C=O) groups excluding carboxylic acids is 1. The molecule has 4 aromatic rings. The number of fused-ring (bicyclic) bond motifs is 4. The van der Waals surface area contributed by atoms with Crippen LogP contribution in [-0.2, 0) is 11.0 Å². The SMILES string of the molecule is CCCCCC[N+]1c2ccccc2Sc2cc(-c3ccc4c(c3)Sc3cc(CNC(=O)NCCC[Si](O)(O)OCC)ccc3[N+]4CCCCCC)ccc21.F[B-](F)(F)F.F[B-](F)(F)F. The Morgan fingerprint density at radius 2 is 1.08 bits per heavy atom. The number of urea groups is 1. The van der Waals surface area contributed by atoms with Gasteiger partial charge < -0.3 is 59.2 Å². The number of unbranched alkanes of at least 4 members (excludes halogenated alkanes) is 6. The maximum Gasteiger partial charge on any atom is 0.673 e. The number of amides is 2. The van der Waals surface area contributed by atoms with Crippen molar-refractivity contribution in [2.45, 2.75) is 111 Å². The van der Waals surface area contributed by atoms with Gasteiger partial charge in [0.2, 0.25) is 22.7 Å². The molecule has 6 rings (SSSR count). The number of nitrogens with zero attached hydrogens (tertiary/aromatic N) is 2. The van der Waals surface area contributed by atoms with Gasteiger partial charge in [-0.05, 0) is 79.3 Å². The molecule has 0 spiro atoms. The summed E-state index contributed by atoms with van der Waals surface area (Å²) in [6.07, 6.45) is 10.2. The van der Waals surface area contributed by atoms with Gasteiger partial charge in [-0.2, -0.15) is 0 Å². The van der Waals surface area contributed by atoms with Gasteiger partial charge in [0, 0.05) is 62.8 Å². The summed E-state index contributed by atoms with van der Waals surface area (Å²) in [4.78, 5) is 42.4. The van der Waals surface area contributed by atoms with E-state index in [2.05, 4.69) is 113 Å². The molecule has 64 heavy (non-hydrogen) atoms. The predicted molar refractivity (Wildman–Crippen MR) is 246 cm³/mol. The summed E-state index contributed by atoms with van der Waals surface area (Å²) in [7, 11) is -15.6. The van der Waals surface area contributed by atoms with E-state index in [0.717, 1.165) is 25.1 Å². The first kappa shape index (κ1) is 53.1. The first-order valence-electron chi connectivity index (χ1n) is 21.6. The number of benzene rings is 4. The zero-order valence-electron chi connectivity index (χ0n) is 36.2. The zero-order chi connectivity index (χ0) is 46.9. The van der Waals surface area contributed by atoms with Gasteiger partial charge in [-0.25, -0.2) is 4.79 Å². The summed E-state index contributed by atoms with van der Waals surface area (Å²) >= 11 is 3.68. The molecule has 2 radical (unpaired) electrons. The van der Waals surface area contributed by atoms with Crippen LogP contribution in [0.1, 0.15) is 84.1 Å². The van der Waals surface area contributed by atoms with Crippen molar-refractivity contribution in [3.63, 3.8) is 0 Å². The molecule has 0 aromatic heterocycles. The highest BCUT2D eigenvalue weighted by molar-refractivity contribution is 8.00. The normalized spacial score (nSPS) is 13.6. The number of rotatable bonds is 19. The van der Waals surface area contributed by atoms with E-state index in [9.17, 15) is 48.9 Å². The van der Waals surface area contributed by atoms with Crippen LogP contribution in [0.15, 0.2) is 98.4 Å². The number of nitrogens with one attached hydrogen (secondary N) is 2. The number of carbonyl (C=O) groups is 1. The van der Waals surface area contributed by atoms with Crippen LogP contribution in [0, 0.1) is 0 Å². The molecule has 2 amide bonds. The van der Waals surface area contributed by atoms with Gasteiger partial charge in [0.15, 0.2) is 0 Å². The summed E-state index contributed by atoms with van der Waals surface area (Å²) in [5, 5.41) is 5.79. The number of para-hydroxylation sites is 1. The van der Waals surface area contributed by atoms with Crippen molar-refractivity contribution >= 4 is 75.6 Å². The fraction of sp³-hybridized carbons (Fsp3) is 0.419. The van der Waals surface area contributed by atoms with Gasteiger partial charge in [-0.15, -0.1) is 0 Å². The maximum atomic E-state index is 12.6. The largest absolute Gasteiger partial charge is 0.673 e. The average molecular weight is 959 g/mol. The fourth-order valence-electron chi connectivity index (χ4n) is 7.18. The highest BCUT2D eigenvalue weighted by Crippen LogP contribution is 2.51. The van der Waals surface area contributed by atoms with E-state index in [4.69, 9.17) is 4.43 Å². The maximum absolute atomic E-state index is 12.6. The van der Waals surface area contributed by atoms with Crippen LogP contribution >= 0.6 is 23.5 Å². The van der Waals surface area contributed by atoms with E-state index in [1.807, 2.05) is 11.8 Å². The number of anilines is 4. The van der Waals surface area contributed by atoms with E-state index in [0.29, 0.717) is 19.5 Å². The minimum absolute atomic E-state index is 0.152. The Balaban J connectivity index is 0.000000809. The molecule has 4 aromatic carbocycles. The van der Waals surface area contributed by atoms with Crippen molar-refractivity contribution in [1.82, 2.24) is 20.4 Å². The molecular weight excluding hydrogens is 902 g/mol. The standard InChI is InChI=1S/C43H56N4O4S2Si.2BF4/c1-4-7-9-13-25-46-35-16-11-12-17-39(35)52-41-29-33(19-22-37(41)46)34-20-23-38-42(30-34)53-40-28-32(18-21-36(40)47(38)26-14-10-8-5-2)31-45-43(48)44-24-15-27-54(49,50)51-6-3;2*2-1(3,4)5/h11-12,16-23,28-30,49-50H,4-10,13-15,24-27,31H2,1-3H3,(H2,44,45,48);;/q+2;2*-1. The second-order valence-electron chi connectivity index (χ2n) is 15.1. The van der Waals surface area contributed by atoms with Crippen molar-refractivity contribution < 1.29 is 53.3 Å². The Bertz CT molecular complexity index is 2090. The van der Waals surface area contributed by atoms with E-state index in [1.165, 1.54) is 98.4 Å². The smallest absolute Gasteiger partial charge is 0.418 e. The average Bonchev–Trinajstić information content (AvgIpc) is 3.22. The molecule has 0 saturated carbocycles. The molecule has 0 unspecified atom stereocenters. The molecule has 0 saturated heterocycles. The lowest BCUT2D eigenvalue weighted by Gasteiger charge is -2.23. The van der Waals surface area contributed by atoms with Crippen molar-refractivity contribution in [1.29, 1.82) is 0 Å². The lowest BCUT2D eigenvalue weighted by Crippen LogP contribution is -2.40. The van der Waals surface area contributed by atoms with Crippen LogP contribution in [-0.4, -0.2) is 65.2 Å². The molecule has 350 valence electrons. The second kappa shape index (κ2) is 25.4. The lowest BCUT2D eigenvalue weighted by atomic mass is 10.0. The van der Waals surface area contributed by atoms with Gasteiger partial charge in [-0.1, -0.05) is 91.1 Å². The zero-order valence-corrected chi connectivity index (χ0v) is 38.8. The van der Waals surface area contributed by atoms with E-state index in [-0.39, 0.29) is 18.7 Å². The van der Waals surface area contributed by atoms with Gasteiger partial charge in [0.05, 0.1) is 19.6 Å². The third-order valence-corrected chi connectivity index (χ3v) is 14.0. The lowest BCUT2D eigenvalue weighted by molar-refractivity contribution is 0.155. The Labute approximate surface area is 380 Å². The van der Waals surface area contributed by atoms with Crippen LogP contribution < -0.4 is 20.4 Å². The first-order chi connectivity index (χ1) is 30.3. The molecular formula is C43H56B2F8N4O4S2Si. The van der Waals surface area contributed by atoms with Gasteiger partial charge in [-0.3, -0.25) is 0 Å². The van der Waals surface area contributed by atoms with Crippen LogP contribution in [0.5, 0.6) is 0 Å². The van der Waals surface area contributed by atoms with Crippen molar-refractivity contribution in [2.24, 2.45) is 0 Å². The summed E-state index contributed by atoms with van der Waals surface area (Å²) < 4.78 is 83.0. The van der Waals surface area contributed by atoms with Crippen molar-refractivity contribution in [3.05, 3.63) is 84.4 Å². The molecule has 8 nitrogen and oxygen atoms in total. The third-order valence-electron chi connectivity index (χ3n) is 10.0. The molecule has 4 N–H and O–H groups in total. The number of hydrogen-bond donors (Lipinski definition) is 4. The van der Waals surface area contributed by atoms with Gasteiger partial charge >= 0.3 is 29.3 Å². The fourth-order valence-corrected chi connectivity index (χ4v) is 10.8. The summed E-state index contributed by atoms with van der Waals surface area (Å²) in [5.41, 5.74) is 8.54. The molecule has 2 aliphatic heterocycles. The predicted octanol–water partition coefficient (Wildman–Crippen LogP) is 13.4. The Morgan fingerprint density at radius 1 is 0.609 bits per heavy atom. The van der Waals surface area contributed by atoms with E-state index in [1.54, 1.807) is 18.7 Å². The Hall–Kier alpha value is -3.56. The van der Waals surface area contributed by atoms with Gasteiger partial charge in [0.25, 0.3) is 0 Å². The highest BCUT2D eigenvalue weighted by atomic mass is 32.2. The molecule has 21 heteroatoms. The molecule has 0 aliphatic carbocycles. The second-order valence-corrected chi connectivity index (χ2v) is 19.6. The molecule has 2 heterocycles. The summed E-state index contributed by atoms with van der Waals surface area (Å²) in [5.74, 6) is 0. The van der Waals surface area contributed by atoms with E-state index >= 15 is 0 Å². The number of hydrogen-bond acceptors (Lipinski definition) is 8. The summed E-state index contributed by atoms with van der Waals surface area (Å²) in [6, 6.07) is 29.1. The Morgan fingerprint density at radius 3 is 1.59 bits per heavy atom. The third kappa shape index (κ3) is 18.0. The number of halogens is 8. The van der Waals surface area contributed by atoms with Crippen molar-refractivity contribution in [3.8, 4) is 11.1 Å². The topological polar surface area (TPSA) is 103 Å². The van der Waals surface area contributed by atoms with Crippen LogP contribution in [0.4, 0.5) is 62.1 Å². The monoisotopic (exact) mass is 958 g/mol. The molecule has 0 fully saturated rings.